The van der Waals surface area contributed by atoms with E-state index in [4.69, 9.17) is 4.74 Å². The van der Waals surface area contributed by atoms with Crippen molar-refractivity contribution in [1.29, 1.82) is 0 Å². The lowest BCUT2D eigenvalue weighted by atomic mass is 10.4. The molecule has 0 spiro atoms. The second kappa shape index (κ2) is 3.75. The van der Waals surface area contributed by atoms with Gasteiger partial charge in [0, 0.05) is 6.54 Å². The van der Waals surface area contributed by atoms with Crippen LogP contribution >= 0.6 is 0 Å². The minimum atomic E-state index is -0.202. The summed E-state index contributed by atoms with van der Waals surface area (Å²) in [4.78, 5) is 11.2. The van der Waals surface area contributed by atoms with Gasteiger partial charge in [0.05, 0.1) is 13.3 Å². The van der Waals surface area contributed by atoms with Crippen molar-refractivity contribution in [2.45, 2.75) is 6.92 Å². The largest absolute Gasteiger partial charge is 0.493 e. The van der Waals surface area contributed by atoms with E-state index < -0.39 is 0 Å². The molecule has 1 heterocycles. The highest BCUT2D eigenvalue weighted by atomic mass is 16.5. The number of rotatable bonds is 3. The standard InChI is InChI=1S/C7H11N3O2/c1-3-8-7(11)6-5(12-2)4-9-10-6/h4H,3H2,1-2H3,(H,8,11)(H,9,10). The molecule has 0 aromatic carbocycles. The van der Waals surface area contributed by atoms with Gasteiger partial charge in [-0.05, 0) is 6.92 Å². The Morgan fingerprint density at radius 1 is 1.83 bits per heavy atom. The summed E-state index contributed by atoms with van der Waals surface area (Å²) >= 11 is 0. The van der Waals surface area contributed by atoms with Gasteiger partial charge >= 0.3 is 0 Å². The first kappa shape index (κ1) is 8.58. The van der Waals surface area contributed by atoms with Crippen molar-refractivity contribution in [2.24, 2.45) is 0 Å². The van der Waals surface area contributed by atoms with E-state index in [1.54, 1.807) is 0 Å². The Morgan fingerprint density at radius 3 is 3.17 bits per heavy atom. The molecule has 0 saturated carbocycles. The van der Waals surface area contributed by atoms with Crippen LogP contribution in [0.15, 0.2) is 6.20 Å². The van der Waals surface area contributed by atoms with Crippen molar-refractivity contribution in [2.75, 3.05) is 13.7 Å². The highest BCUT2D eigenvalue weighted by molar-refractivity contribution is 5.94. The predicted octanol–water partition coefficient (Wildman–Crippen LogP) is 0.168. The van der Waals surface area contributed by atoms with E-state index in [9.17, 15) is 4.79 Å². The van der Waals surface area contributed by atoms with Crippen LogP contribution in [0.2, 0.25) is 0 Å². The Kier molecular flexibility index (Phi) is 2.68. The van der Waals surface area contributed by atoms with E-state index in [0.717, 1.165) is 0 Å². The van der Waals surface area contributed by atoms with Crippen molar-refractivity contribution in [3.05, 3.63) is 11.9 Å². The number of hydrogen-bond acceptors (Lipinski definition) is 3. The van der Waals surface area contributed by atoms with Crippen molar-refractivity contribution < 1.29 is 9.53 Å². The predicted molar refractivity (Wildman–Crippen MR) is 43.1 cm³/mol. The number of amides is 1. The second-order valence-electron chi connectivity index (χ2n) is 2.17. The first-order valence-electron chi connectivity index (χ1n) is 3.65. The molecular weight excluding hydrogens is 158 g/mol. The van der Waals surface area contributed by atoms with E-state index in [1.807, 2.05) is 6.92 Å². The van der Waals surface area contributed by atoms with Crippen molar-refractivity contribution in [3.63, 3.8) is 0 Å². The van der Waals surface area contributed by atoms with Crippen LogP contribution in [-0.4, -0.2) is 29.8 Å². The van der Waals surface area contributed by atoms with Crippen molar-refractivity contribution in [1.82, 2.24) is 15.5 Å². The first-order chi connectivity index (χ1) is 5.79. The molecule has 1 amide bonds. The number of aromatic amines is 1. The fourth-order valence-corrected chi connectivity index (χ4v) is 0.841. The third kappa shape index (κ3) is 1.55. The van der Waals surface area contributed by atoms with Gasteiger partial charge in [-0.3, -0.25) is 9.89 Å². The maximum Gasteiger partial charge on any atom is 0.273 e. The fourth-order valence-electron chi connectivity index (χ4n) is 0.841. The highest BCUT2D eigenvalue weighted by Gasteiger charge is 2.12. The number of ether oxygens (including phenoxy) is 1. The minimum absolute atomic E-state index is 0.202. The van der Waals surface area contributed by atoms with Gasteiger partial charge < -0.3 is 10.1 Å². The quantitative estimate of drug-likeness (QED) is 0.677. The Balaban J connectivity index is 2.79. The number of H-pyrrole nitrogens is 1. The Bertz CT molecular complexity index is 269. The van der Waals surface area contributed by atoms with Gasteiger partial charge in [-0.15, -0.1) is 0 Å². The highest BCUT2D eigenvalue weighted by Crippen LogP contribution is 2.12. The van der Waals surface area contributed by atoms with E-state index in [-0.39, 0.29) is 5.91 Å². The molecule has 0 aliphatic heterocycles. The Labute approximate surface area is 70.1 Å². The normalized spacial score (nSPS) is 9.50. The molecule has 0 aliphatic rings. The zero-order valence-corrected chi connectivity index (χ0v) is 7.05. The smallest absolute Gasteiger partial charge is 0.273 e. The Morgan fingerprint density at radius 2 is 2.58 bits per heavy atom. The fraction of sp³-hybridized carbons (Fsp3) is 0.429. The number of aromatic nitrogens is 2. The van der Waals surface area contributed by atoms with Gasteiger partial charge in [0.25, 0.3) is 5.91 Å². The van der Waals surface area contributed by atoms with Crippen LogP contribution in [0, 0.1) is 0 Å². The van der Waals surface area contributed by atoms with Crippen LogP contribution < -0.4 is 10.1 Å². The maximum absolute atomic E-state index is 11.2. The molecule has 0 aliphatic carbocycles. The number of hydrogen-bond donors (Lipinski definition) is 2. The summed E-state index contributed by atoms with van der Waals surface area (Å²) in [6.07, 6.45) is 1.46. The monoisotopic (exact) mass is 169 g/mol. The molecule has 5 heteroatoms. The number of carbonyl (C=O) groups excluding carboxylic acids is 1. The topological polar surface area (TPSA) is 67.0 Å². The lowest BCUT2D eigenvalue weighted by Gasteiger charge is -2.00. The van der Waals surface area contributed by atoms with Gasteiger partial charge in [-0.2, -0.15) is 5.10 Å². The maximum atomic E-state index is 11.2. The summed E-state index contributed by atoms with van der Waals surface area (Å²) in [6, 6.07) is 0. The van der Waals surface area contributed by atoms with Crippen LogP contribution in [0.3, 0.4) is 0 Å². The summed E-state index contributed by atoms with van der Waals surface area (Å²) in [5.74, 6) is 0.257. The van der Waals surface area contributed by atoms with E-state index in [1.165, 1.54) is 13.3 Å². The summed E-state index contributed by atoms with van der Waals surface area (Å²) < 4.78 is 4.90. The van der Waals surface area contributed by atoms with Crippen LogP contribution in [0.5, 0.6) is 5.75 Å². The second-order valence-corrected chi connectivity index (χ2v) is 2.17. The molecule has 0 unspecified atom stereocenters. The SMILES string of the molecule is CCNC(=O)c1[nH]ncc1OC. The van der Waals surface area contributed by atoms with E-state index in [0.29, 0.717) is 18.0 Å². The van der Waals surface area contributed by atoms with Crippen molar-refractivity contribution >= 4 is 5.91 Å². The molecule has 0 fully saturated rings. The van der Waals surface area contributed by atoms with Crippen LogP contribution in [-0.2, 0) is 0 Å². The Hall–Kier alpha value is -1.52. The van der Waals surface area contributed by atoms with Gasteiger partial charge in [-0.1, -0.05) is 0 Å². The molecule has 0 atom stereocenters. The molecule has 5 nitrogen and oxygen atoms in total. The molecule has 1 aromatic rings. The molecule has 0 radical (unpaired) electrons. The summed E-state index contributed by atoms with van der Waals surface area (Å²) in [5.41, 5.74) is 0.361. The minimum Gasteiger partial charge on any atom is -0.493 e. The molecule has 1 rings (SSSR count). The van der Waals surface area contributed by atoms with Crippen LogP contribution in [0.1, 0.15) is 17.4 Å². The lowest BCUT2D eigenvalue weighted by Crippen LogP contribution is -2.23. The molecule has 66 valence electrons. The van der Waals surface area contributed by atoms with Crippen molar-refractivity contribution in [3.8, 4) is 5.75 Å². The summed E-state index contributed by atoms with van der Waals surface area (Å²) in [5, 5.41) is 8.87. The number of carbonyl (C=O) groups is 1. The zero-order chi connectivity index (χ0) is 8.97. The third-order valence-corrected chi connectivity index (χ3v) is 1.39. The van der Waals surface area contributed by atoms with Gasteiger partial charge in [0.2, 0.25) is 0 Å². The average molecular weight is 169 g/mol. The van der Waals surface area contributed by atoms with E-state index in [2.05, 4.69) is 15.5 Å². The average Bonchev–Trinajstić information content (AvgIpc) is 2.51. The number of methoxy groups -OCH3 is 1. The molecule has 2 N–H and O–H groups in total. The van der Waals surface area contributed by atoms with Gasteiger partial charge in [0.15, 0.2) is 11.4 Å². The van der Waals surface area contributed by atoms with Gasteiger partial charge in [-0.25, -0.2) is 0 Å². The molecule has 12 heavy (non-hydrogen) atoms. The number of nitrogens with one attached hydrogen (secondary N) is 2. The molecule has 0 saturated heterocycles. The third-order valence-electron chi connectivity index (χ3n) is 1.39. The summed E-state index contributed by atoms with van der Waals surface area (Å²) in [6.45, 7) is 2.43. The zero-order valence-electron chi connectivity index (χ0n) is 7.05. The lowest BCUT2D eigenvalue weighted by molar-refractivity contribution is 0.0948. The first-order valence-corrected chi connectivity index (χ1v) is 3.65. The molecular formula is C7H11N3O2. The van der Waals surface area contributed by atoms with Crippen LogP contribution in [0.4, 0.5) is 0 Å². The molecule has 0 bridgehead atoms. The number of nitrogens with zero attached hydrogens (tertiary/aromatic N) is 1. The molecule has 1 aromatic heterocycles. The van der Waals surface area contributed by atoms with Crippen LogP contribution in [0.25, 0.3) is 0 Å². The summed E-state index contributed by atoms with van der Waals surface area (Å²) in [7, 11) is 1.49. The van der Waals surface area contributed by atoms with Gasteiger partial charge in [0.1, 0.15) is 0 Å². The van der Waals surface area contributed by atoms with E-state index >= 15 is 0 Å².